The number of nitrogens with one attached hydrogen (secondary N) is 1. The third-order valence-corrected chi connectivity index (χ3v) is 4.08. The summed E-state index contributed by atoms with van der Waals surface area (Å²) in [7, 11) is 1.53. The fourth-order valence-electron chi connectivity index (χ4n) is 2.31. The van der Waals surface area contributed by atoms with Crippen molar-refractivity contribution in [1.29, 1.82) is 0 Å². The highest BCUT2D eigenvalue weighted by molar-refractivity contribution is 6.32. The third kappa shape index (κ3) is 5.89. The highest BCUT2D eigenvalue weighted by Gasteiger charge is 2.11. The molecule has 1 amide bonds. The number of halogens is 1. The van der Waals surface area contributed by atoms with Crippen LogP contribution < -0.4 is 14.8 Å². The average Bonchev–Trinajstić information content (AvgIpc) is 2.64. The number of ether oxygens (including phenoxy) is 2. The van der Waals surface area contributed by atoms with Gasteiger partial charge in [-0.2, -0.15) is 0 Å². The second kappa shape index (κ2) is 9.83. The maximum absolute atomic E-state index is 11.9. The highest BCUT2D eigenvalue weighted by Crippen LogP contribution is 2.35. The molecule has 0 fully saturated rings. The first-order valence-corrected chi connectivity index (χ1v) is 8.85. The molecule has 0 saturated carbocycles. The van der Waals surface area contributed by atoms with E-state index in [2.05, 4.69) is 10.5 Å². The quantitative estimate of drug-likeness (QED) is 0.537. The molecule has 27 heavy (non-hydrogen) atoms. The maximum atomic E-state index is 11.9. The normalized spacial score (nSPS) is 10.7. The molecule has 0 bridgehead atoms. The van der Waals surface area contributed by atoms with Gasteiger partial charge in [0.05, 0.1) is 25.0 Å². The van der Waals surface area contributed by atoms with Gasteiger partial charge in [-0.1, -0.05) is 22.8 Å². The molecule has 2 aromatic carbocycles. The predicted molar refractivity (Wildman–Crippen MR) is 107 cm³/mol. The molecule has 0 aliphatic rings. The Kier molecular flexibility index (Phi) is 7.49. The van der Waals surface area contributed by atoms with Gasteiger partial charge in [-0.25, -0.2) is 0 Å². The van der Waals surface area contributed by atoms with Gasteiger partial charge in [0, 0.05) is 11.3 Å². The number of rotatable bonds is 8. The van der Waals surface area contributed by atoms with Crippen molar-refractivity contribution in [2.45, 2.75) is 20.8 Å². The van der Waals surface area contributed by atoms with Crippen LogP contribution in [-0.2, 0) is 9.63 Å². The SMILES string of the molecule is CCOc1c(Cl)cc(/C=N\OCC(=O)Nc2ccc(C)c(C)c2)cc1OC. The van der Waals surface area contributed by atoms with Gasteiger partial charge in [-0.3, -0.25) is 4.79 Å². The minimum atomic E-state index is -0.294. The molecule has 0 saturated heterocycles. The molecule has 0 aliphatic carbocycles. The van der Waals surface area contributed by atoms with E-state index in [-0.39, 0.29) is 12.5 Å². The van der Waals surface area contributed by atoms with Crippen molar-refractivity contribution in [3.05, 3.63) is 52.0 Å². The molecule has 2 aromatic rings. The van der Waals surface area contributed by atoms with Crippen LogP contribution >= 0.6 is 11.6 Å². The lowest BCUT2D eigenvalue weighted by Gasteiger charge is -2.11. The van der Waals surface area contributed by atoms with Gasteiger partial charge in [0.15, 0.2) is 18.1 Å². The Morgan fingerprint density at radius 3 is 2.67 bits per heavy atom. The van der Waals surface area contributed by atoms with Crippen molar-refractivity contribution >= 4 is 29.4 Å². The summed E-state index contributed by atoms with van der Waals surface area (Å²) in [6.07, 6.45) is 1.45. The van der Waals surface area contributed by atoms with E-state index in [0.29, 0.717) is 28.7 Å². The van der Waals surface area contributed by atoms with Crippen molar-refractivity contribution in [3.8, 4) is 11.5 Å². The molecule has 7 heteroatoms. The zero-order valence-electron chi connectivity index (χ0n) is 15.8. The molecule has 6 nitrogen and oxygen atoms in total. The molecule has 0 radical (unpaired) electrons. The van der Waals surface area contributed by atoms with E-state index in [1.54, 1.807) is 12.1 Å². The van der Waals surface area contributed by atoms with Crippen LogP contribution in [0.15, 0.2) is 35.5 Å². The number of benzene rings is 2. The van der Waals surface area contributed by atoms with Crippen LogP contribution in [0, 0.1) is 13.8 Å². The Morgan fingerprint density at radius 1 is 1.22 bits per heavy atom. The van der Waals surface area contributed by atoms with Gasteiger partial charge >= 0.3 is 0 Å². The second-order valence-corrected chi connectivity index (χ2v) is 6.23. The van der Waals surface area contributed by atoms with Gasteiger partial charge in [0.1, 0.15) is 0 Å². The third-order valence-electron chi connectivity index (χ3n) is 3.80. The van der Waals surface area contributed by atoms with Crippen molar-refractivity contribution in [3.63, 3.8) is 0 Å². The van der Waals surface area contributed by atoms with E-state index in [1.165, 1.54) is 18.9 Å². The Balaban J connectivity index is 1.92. The number of hydrogen-bond donors (Lipinski definition) is 1. The molecular weight excluding hydrogens is 368 g/mol. The molecule has 0 aliphatic heterocycles. The predicted octanol–water partition coefficient (Wildman–Crippen LogP) is 4.35. The van der Waals surface area contributed by atoms with Crippen LogP contribution in [0.1, 0.15) is 23.6 Å². The standard InChI is InChI=1S/C20H23ClN2O4/c1-5-26-20-17(21)9-15(10-18(20)25-4)11-22-27-12-19(24)23-16-7-6-13(2)14(3)8-16/h6-11H,5,12H2,1-4H3,(H,23,24)/b22-11-. The summed E-state index contributed by atoms with van der Waals surface area (Å²) in [4.78, 5) is 17.0. The zero-order chi connectivity index (χ0) is 19.8. The topological polar surface area (TPSA) is 69.2 Å². The number of methoxy groups -OCH3 is 1. The lowest BCUT2D eigenvalue weighted by molar-refractivity contribution is -0.120. The highest BCUT2D eigenvalue weighted by atomic mass is 35.5. The van der Waals surface area contributed by atoms with Crippen molar-refractivity contribution < 1.29 is 19.1 Å². The van der Waals surface area contributed by atoms with Crippen LogP contribution in [0.4, 0.5) is 5.69 Å². The van der Waals surface area contributed by atoms with Crippen molar-refractivity contribution in [2.24, 2.45) is 5.16 Å². The Morgan fingerprint density at radius 2 is 2.00 bits per heavy atom. The van der Waals surface area contributed by atoms with E-state index in [1.807, 2.05) is 39.0 Å². The molecule has 0 aromatic heterocycles. The average molecular weight is 391 g/mol. The summed E-state index contributed by atoms with van der Waals surface area (Å²) in [6, 6.07) is 9.10. The largest absolute Gasteiger partial charge is 0.493 e. The van der Waals surface area contributed by atoms with Gasteiger partial charge in [0.2, 0.25) is 0 Å². The first kappa shape index (κ1) is 20.6. The number of hydrogen-bond acceptors (Lipinski definition) is 5. The summed E-state index contributed by atoms with van der Waals surface area (Å²) in [5.74, 6) is 0.684. The summed E-state index contributed by atoms with van der Waals surface area (Å²) in [5, 5.41) is 6.98. The fraction of sp³-hybridized carbons (Fsp3) is 0.300. The monoisotopic (exact) mass is 390 g/mol. The summed E-state index contributed by atoms with van der Waals surface area (Å²) >= 11 is 6.20. The van der Waals surface area contributed by atoms with Crippen molar-refractivity contribution in [1.82, 2.24) is 0 Å². The van der Waals surface area contributed by atoms with Crippen LogP contribution in [-0.4, -0.2) is 32.4 Å². The molecule has 0 spiro atoms. The number of carbonyl (C=O) groups is 1. The van der Waals surface area contributed by atoms with Crippen molar-refractivity contribution in [2.75, 3.05) is 25.6 Å². The van der Waals surface area contributed by atoms with Gasteiger partial charge in [0.25, 0.3) is 5.91 Å². The number of amides is 1. The number of anilines is 1. The molecule has 0 unspecified atom stereocenters. The Labute approximate surface area is 164 Å². The lowest BCUT2D eigenvalue weighted by Crippen LogP contribution is -2.17. The summed E-state index contributed by atoms with van der Waals surface area (Å²) in [5.41, 5.74) is 3.65. The Hall–Kier alpha value is -2.73. The van der Waals surface area contributed by atoms with Gasteiger partial charge < -0.3 is 19.6 Å². The van der Waals surface area contributed by atoms with E-state index < -0.39 is 0 Å². The minimum absolute atomic E-state index is 0.203. The van der Waals surface area contributed by atoms with E-state index in [9.17, 15) is 4.79 Å². The zero-order valence-corrected chi connectivity index (χ0v) is 16.6. The minimum Gasteiger partial charge on any atom is -0.493 e. The summed E-state index contributed by atoms with van der Waals surface area (Å²) in [6.45, 7) is 6.14. The molecule has 144 valence electrons. The van der Waals surface area contributed by atoms with Crippen LogP contribution in [0.5, 0.6) is 11.5 Å². The first-order chi connectivity index (χ1) is 12.9. The molecular formula is C20H23ClN2O4. The lowest BCUT2D eigenvalue weighted by atomic mass is 10.1. The van der Waals surface area contributed by atoms with E-state index in [4.69, 9.17) is 25.9 Å². The van der Waals surface area contributed by atoms with Gasteiger partial charge in [-0.05, 0) is 56.2 Å². The number of aryl methyl sites for hydroxylation is 2. The van der Waals surface area contributed by atoms with Crippen LogP contribution in [0.3, 0.4) is 0 Å². The van der Waals surface area contributed by atoms with Crippen LogP contribution in [0.25, 0.3) is 0 Å². The number of oxime groups is 1. The fourth-order valence-corrected chi connectivity index (χ4v) is 2.58. The van der Waals surface area contributed by atoms with E-state index >= 15 is 0 Å². The first-order valence-electron chi connectivity index (χ1n) is 8.47. The number of carbonyl (C=O) groups excluding carboxylic acids is 1. The molecule has 0 heterocycles. The van der Waals surface area contributed by atoms with Gasteiger partial charge in [-0.15, -0.1) is 0 Å². The number of nitrogens with zero attached hydrogens (tertiary/aromatic N) is 1. The summed E-state index contributed by atoms with van der Waals surface area (Å²) < 4.78 is 10.7. The second-order valence-electron chi connectivity index (χ2n) is 5.82. The molecule has 1 N–H and O–H groups in total. The smallest absolute Gasteiger partial charge is 0.265 e. The molecule has 0 atom stereocenters. The van der Waals surface area contributed by atoms with Crippen LogP contribution in [0.2, 0.25) is 5.02 Å². The van der Waals surface area contributed by atoms with E-state index in [0.717, 1.165) is 11.3 Å². The molecule has 2 rings (SSSR count). The maximum Gasteiger partial charge on any atom is 0.265 e. The Bertz CT molecular complexity index is 837.